The summed E-state index contributed by atoms with van der Waals surface area (Å²) in [5.41, 5.74) is 2.19. The average molecular weight is 457 g/mol. The summed E-state index contributed by atoms with van der Waals surface area (Å²) in [5, 5.41) is 0. The predicted molar refractivity (Wildman–Crippen MR) is 135 cm³/mol. The molecule has 0 spiro atoms. The summed E-state index contributed by atoms with van der Waals surface area (Å²) in [4.78, 5) is 30.6. The minimum Gasteiger partial charge on any atom is -0.334 e. The highest BCUT2D eigenvalue weighted by molar-refractivity contribution is 5.81. The van der Waals surface area contributed by atoms with Crippen molar-refractivity contribution in [2.45, 2.75) is 38.8 Å². The molecule has 0 radical (unpaired) electrons. The van der Waals surface area contributed by atoms with Crippen LogP contribution in [0.25, 0.3) is 0 Å². The van der Waals surface area contributed by atoms with Gasteiger partial charge in [-0.2, -0.15) is 0 Å². The molecule has 6 unspecified atom stereocenters. The average Bonchev–Trinajstić information content (AvgIpc) is 3.65. The molecule has 0 N–H and O–H groups in total. The number of rotatable bonds is 10. The maximum atomic E-state index is 13.4. The van der Waals surface area contributed by atoms with Gasteiger partial charge in [0.1, 0.15) is 0 Å². The standard InChI is InChI=1S/C30H36N2O2/c1-3-12-31(29(33)27-17-21-8-10-25(27)15-21)19-23-6-5-7-24(14-23)20-32(13-4-2)30(34)28-18-22-9-11-26(28)16-22/h3-11,14,21-22,25-28H,1-2,12-13,15-20H2. The molecule has 178 valence electrons. The Balaban J connectivity index is 1.27. The SMILES string of the molecule is C=CCN(Cc1cccc(CN(CC=C)C(=O)C2CC3C=CC2C3)c1)C(=O)C1CC2C=CC1C2. The van der Waals surface area contributed by atoms with Crippen LogP contribution in [-0.4, -0.2) is 34.7 Å². The van der Waals surface area contributed by atoms with Gasteiger partial charge < -0.3 is 9.80 Å². The van der Waals surface area contributed by atoms with Crippen molar-refractivity contribution in [3.8, 4) is 0 Å². The van der Waals surface area contributed by atoms with Gasteiger partial charge in [0, 0.05) is 38.0 Å². The third-order valence-corrected chi connectivity index (χ3v) is 8.25. The molecule has 2 amide bonds. The molecule has 4 aliphatic carbocycles. The van der Waals surface area contributed by atoms with E-state index in [-0.39, 0.29) is 23.7 Å². The quantitative estimate of drug-likeness (QED) is 0.458. The van der Waals surface area contributed by atoms with E-state index >= 15 is 0 Å². The number of carbonyl (C=O) groups excluding carboxylic acids is 2. The second-order valence-electron chi connectivity index (χ2n) is 10.6. The monoisotopic (exact) mass is 456 g/mol. The van der Waals surface area contributed by atoms with E-state index in [2.05, 4.69) is 55.7 Å². The van der Waals surface area contributed by atoms with Gasteiger partial charge in [0.2, 0.25) is 11.8 Å². The number of hydrogen-bond acceptors (Lipinski definition) is 2. The van der Waals surface area contributed by atoms with Crippen molar-refractivity contribution in [1.29, 1.82) is 0 Å². The Hall–Kier alpha value is -2.88. The van der Waals surface area contributed by atoms with Gasteiger partial charge in [-0.15, -0.1) is 13.2 Å². The molecular weight excluding hydrogens is 420 g/mol. The molecule has 0 aliphatic heterocycles. The van der Waals surface area contributed by atoms with Crippen LogP contribution in [-0.2, 0) is 22.7 Å². The number of allylic oxidation sites excluding steroid dienone is 4. The van der Waals surface area contributed by atoms with E-state index in [0.29, 0.717) is 49.9 Å². The van der Waals surface area contributed by atoms with Crippen LogP contribution in [0.15, 0.2) is 73.9 Å². The highest BCUT2D eigenvalue weighted by Gasteiger charge is 2.42. The summed E-state index contributed by atoms with van der Waals surface area (Å²) in [6, 6.07) is 8.34. The fraction of sp³-hybridized carbons (Fsp3) is 0.467. The fourth-order valence-electron chi connectivity index (χ4n) is 6.64. The predicted octanol–water partition coefficient (Wildman–Crippen LogP) is 5.14. The van der Waals surface area contributed by atoms with Crippen LogP contribution >= 0.6 is 0 Å². The molecule has 4 heteroatoms. The summed E-state index contributed by atoms with van der Waals surface area (Å²) in [5.74, 6) is 2.65. The highest BCUT2D eigenvalue weighted by Crippen LogP contribution is 2.45. The van der Waals surface area contributed by atoms with Gasteiger partial charge in [0.15, 0.2) is 0 Å². The van der Waals surface area contributed by atoms with Crippen molar-refractivity contribution in [3.05, 3.63) is 85.0 Å². The number of benzene rings is 1. The first-order valence-corrected chi connectivity index (χ1v) is 12.8. The van der Waals surface area contributed by atoms with Crippen LogP contribution < -0.4 is 0 Å². The molecule has 4 aliphatic rings. The second kappa shape index (κ2) is 9.77. The first-order valence-electron chi connectivity index (χ1n) is 12.8. The van der Waals surface area contributed by atoms with Crippen molar-refractivity contribution in [3.63, 3.8) is 0 Å². The molecule has 4 nitrogen and oxygen atoms in total. The van der Waals surface area contributed by atoms with E-state index in [4.69, 9.17) is 0 Å². The molecular formula is C30H36N2O2. The van der Waals surface area contributed by atoms with Gasteiger partial charge in [-0.25, -0.2) is 0 Å². The summed E-state index contributed by atoms with van der Waals surface area (Å²) in [7, 11) is 0. The lowest BCUT2D eigenvalue weighted by atomic mass is 9.92. The fourth-order valence-corrected chi connectivity index (χ4v) is 6.64. The van der Waals surface area contributed by atoms with Gasteiger partial charge in [-0.3, -0.25) is 9.59 Å². The zero-order valence-electron chi connectivity index (χ0n) is 20.0. The lowest BCUT2D eigenvalue weighted by Crippen LogP contribution is -2.38. The van der Waals surface area contributed by atoms with Crippen LogP contribution in [0.5, 0.6) is 0 Å². The van der Waals surface area contributed by atoms with Crippen LogP contribution in [0.3, 0.4) is 0 Å². The normalized spacial score (nSPS) is 30.0. The zero-order valence-corrected chi connectivity index (χ0v) is 20.0. The third-order valence-electron chi connectivity index (χ3n) is 8.25. The number of nitrogens with zero attached hydrogens (tertiary/aromatic N) is 2. The lowest BCUT2D eigenvalue weighted by Gasteiger charge is -2.29. The van der Waals surface area contributed by atoms with Gasteiger partial charge in [0.05, 0.1) is 0 Å². The van der Waals surface area contributed by atoms with Crippen LogP contribution in [0.1, 0.15) is 36.8 Å². The Kier molecular flexibility index (Phi) is 6.58. The molecule has 5 rings (SSSR count). The van der Waals surface area contributed by atoms with Crippen molar-refractivity contribution >= 4 is 11.8 Å². The minimum atomic E-state index is 0.106. The molecule has 2 fully saturated rings. The Morgan fingerprint density at radius 2 is 1.24 bits per heavy atom. The van der Waals surface area contributed by atoms with Crippen molar-refractivity contribution in [1.82, 2.24) is 9.80 Å². The molecule has 0 aromatic heterocycles. The van der Waals surface area contributed by atoms with Gasteiger partial charge in [-0.05, 0) is 60.5 Å². The largest absolute Gasteiger partial charge is 0.334 e. The number of hydrogen-bond donors (Lipinski definition) is 0. The smallest absolute Gasteiger partial charge is 0.226 e. The van der Waals surface area contributed by atoms with Crippen molar-refractivity contribution in [2.24, 2.45) is 35.5 Å². The molecule has 2 saturated carbocycles. The molecule has 1 aromatic rings. The molecule has 1 aromatic carbocycles. The number of fused-ring (bicyclic) bond motifs is 4. The Morgan fingerprint density at radius 3 is 1.59 bits per heavy atom. The van der Waals surface area contributed by atoms with Crippen molar-refractivity contribution < 1.29 is 9.59 Å². The summed E-state index contributed by atoms with van der Waals surface area (Å²) in [6.07, 6.45) is 16.9. The first kappa shape index (κ1) is 22.9. The third kappa shape index (κ3) is 4.55. The maximum absolute atomic E-state index is 13.4. The van der Waals surface area contributed by atoms with E-state index < -0.39 is 0 Å². The molecule has 0 saturated heterocycles. The Labute approximate surface area is 203 Å². The van der Waals surface area contributed by atoms with Gasteiger partial charge >= 0.3 is 0 Å². The zero-order chi connectivity index (χ0) is 23.7. The van der Waals surface area contributed by atoms with E-state index in [1.54, 1.807) is 0 Å². The first-order chi connectivity index (χ1) is 16.6. The van der Waals surface area contributed by atoms with Crippen LogP contribution in [0.4, 0.5) is 0 Å². The number of carbonyl (C=O) groups is 2. The summed E-state index contributed by atoms with van der Waals surface area (Å²) < 4.78 is 0. The summed E-state index contributed by atoms with van der Waals surface area (Å²) >= 11 is 0. The van der Waals surface area contributed by atoms with E-state index in [9.17, 15) is 9.59 Å². The molecule has 6 atom stereocenters. The van der Waals surface area contributed by atoms with Gasteiger partial charge in [0.25, 0.3) is 0 Å². The van der Waals surface area contributed by atoms with Crippen LogP contribution in [0, 0.1) is 35.5 Å². The topological polar surface area (TPSA) is 40.6 Å². The minimum absolute atomic E-state index is 0.106. The highest BCUT2D eigenvalue weighted by atomic mass is 16.2. The van der Waals surface area contributed by atoms with Crippen molar-refractivity contribution in [2.75, 3.05) is 13.1 Å². The van der Waals surface area contributed by atoms with Crippen LogP contribution in [0.2, 0.25) is 0 Å². The summed E-state index contributed by atoms with van der Waals surface area (Å²) in [6.45, 7) is 10.0. The van der Waals surface area contributed by atoms with Gasteiger partial charge in [-0.1, -0.05) is 60.7 Å². The lowest BCUT2D eigenvalue weighted by molar-refractivity contribution is -0.137. The molecule has 4 bridgehead atoms. The second-order valence-corrected chi connectivity index (χ2v) is 10.6. The Morgan fingerprint density at radius 1 is 0.765 bits per heavy atom. The van der Waals surface area contributed by atoms with E-state index in [1.165, 1.54) is 0 Å². The van der Waals surface area contributed by atoms with E-state index in [1.807, 2.05) is 28.0 Å². The number of amides is 2. The molecule has 0 heterocycles. The Bertz CT molecular complexity index is 947. The van der Waals surface area contributed by atoms with E-state index in [0.717, 1.165) is 36.8 Å². The maximum Gasteiger partial charge on any atom is 0.226 e. The molecule has 34 heavy (non-hydrogen) atoms.